The summed E-state index contributed by atoms with van der Waals surface area (Å²) in [6.07, 6.45) is 3.60. The zero-order valence-corrected chi connectivity index (χ0v) is 11.1. The molecule has 2 heterocycles. The summed E-state index contributed by atoms with van der Waals surface area (Å²) >= 11 is 0. The molecule has 0 saturated heterocycles. The lowest BCUT2D eigenvalue weighted by molar-refractivity contribution is 0.398. The minimum atomic E-state index is 0.364. The Hall–Kier alpha value is -1.97. The molecule has 18 heavy (non-hydrogen) atoms. The van der Waals surface area contributed by atoms with Gasteiger partial charge < -0.3 is 4.74 Å². The second-order valence-electron chi connectivity index (χ2n) is 4.47. The van der Waals surface area contributed by atoms with Gasteiger partial charge >= 0.3 is 0 Å². The van der Waals surface area contributed by atoms with E-state index in [0.717, 1.165) is 22.6 Å². The molecule has 4 heteroatoms. The smallest absolute Gasteiger partial charge is 0.212 e. The van der Waals surface area contributed by atoms with Gasteiger partial charge in [-0.1, -0.05) is 13.8 Å². The van der Waals surface area contributed by atoms with Crippen molar-refractivity contribution < 1.29 is 4.74 Å². The molecule has 0 atom stereocenters. The number of hydrogen-bond donors (Lipinski definition) is 0. The molecule has 0 aliphatic heterocycles. The largest absolute Gasteiger partial charge is 0.481 e. The van der Waals surface area contributed by atoms with E-state index < -0.39 is 0 Å². The van der Waals surface area contributed by atoms with E-state index >= 15 is 0 Å². The van der Waals surface area contributed by atoms with Gasteiger partial charge in [-0.25, -0.2) is 9.97 Å². The summed E-state index contributed by atoms with van der Waals surface area (Å²) in [4.78, 5) is 13.3. The Labute approximate surface area is 107 Å². The lowest BCUT2D eigenvalue weighted by Crippen LogP contribution is -2.00. The molecule has 4 nitrogen and oxygen atoms in total. The van der Waals surface area contributed by atoms with Crippen LogP contribution in [0.25, 0.3) is 11.3 Å². The van der Waals surface area contributed by atoms with Crippen molar-refractivity contribution in [3.05, 3.63) is 35.9 Å². The molecule has 2 aromatic heterocycles. The summed E-state index contributed by atoms with van der Waals surface area (Å²) in [5.41, 5.74) is 3.75. The van der Waals surface area contributed by atoms with Crippen LogP contribution in [0.2, 0.25) is 0 Å². The molecular formula is C14H17N3O. The number of methoxy groups -OCH3 is 1. The molecule has 0 amide bonds. The SMILES string of the molecule is COc1ccc(-c2nc(C(C)C)cnc2C)cn1. The third kappa shape index (κ3) is 2.47. The summed E-state index contributed by atoms with van der Waals surface area (Å²) < 4.78 is 5.05. The lowest BCUT2D eigenvalue weighted by atomic mass is 10.1. The molecule has 2 rings (SSSR count). The van der Waals surface area contributed by atoms with Crippen LogP contribution in [-0.2, 0) is 0 Å². The van der Waals surface area contributed by atoms with Crippen molar-refractivity contribution >= 4 is 0 Å². The molecule has 2 aromatic rings. The molecule has 0 aliphatic rings. The van der Waals surface area contributed by atoms with Crippen molar-refractivity contribution in [2.75, 3.05) is 7.11 Å². The summed E-state index contributed by atoms with van der Waals surface area (Å²) in [5, 5.41) is 0. The predicted molar refractivity (Wildman–Crippen MR) is 70.6 cm³/mol. The van der Waals surface area contributed by atoms with E-state index in [1.54, 1.807) is 13.3 Å². The molecule has 0 saturated carbocycles. The van der Waals surface area contributed by atoms with Crippen molar-refractivity contribution in [2.45, 2.75) is 26.7 Å². The van der Waals surface area contributed by atoms with Crippen molar-refractivity contribution in [1.29, 1.82) is 0 Å². The van der Waals surface area contributed by atoms with E-state index in [9.17, 15) is 0 Å². The molecule has 0 N–H and O–H groups in total. The minimum absolute atomic E-state index is 0.364. The van der Waals surface area contributed by atoms with Crippen LogP contribution in [-0.4, -0.2) is 22.1 Å². The van der Waals surface area contributed by atoms with Crippen LogP contribution >= 0.6 is 0 Å². The first-order valence-electron chi connectivity index (χ1n) is 5.95. The Morgan fingerprint density at radius 2 is 1.89 bits per heavy atom. The van der Waals surface area contributed by atoms with Crippen molar-refractivity contribution in [2.24, 2.45) is 0 Å². The average molecular weight is 243 g/mol. The van der Waals surface area contributed by atoms with Gasteiger partial charge in [0.25, 0.3) is 0 Å². The van der Waals surface area contributed by atoms with Crippen LogP contribution in [0.5, 0.6) is 5.88 Å². The quantitative estimate of drug-likeness (QED) is 0.831. The van der Waals surface area contributed by atoms with Gasteiger partial charge in [-0.2, -0.15) is 0 Å². The van der Waals surface area contributed by atoms with Gasteiger partial charge in [0.2, 0.25) is 5.88 Å². The molecule has 0 bridgehead atoms. The third-order valence-corrected chi connectivity index (χ3v) is 2.78. The maximum absolute atomic E-state index is 5.05. The average Bonchev–Trinajstić information content (AvgIpc) is 2.39. The van der Waals surface area contributed by atoms with Crippen LogP contribution in [0, 0.1) is 6.92 Å². The fourth-order valence-corrected chi connectivity index (χ4v) is 1.66. The number of nitrogens with zero attached hydrogens (tertiary/aromatic N) is 3. The maximum atomic E-state index is 5.05. The monoisotopic (exact) mass is 243 g/mol. The first-order valence-corrected chi connectivity index (χ1v) is 5.95. The fraction of sp³-hybridized carbons (Fsp3) is 0.357. The third-order valence-electron chi connectivity index (χ3n) is 2.78. The zero-order valence-electron chi connectivity index (χ0n) is 11.1. The van der Waals surface area contributed by atoms with Crippen molar-refractivity contribution in [3.63, 3.8) is 0 Å². The van der Waals surface area contributed by atoms with E-state index in [2.05, 4.69) is 28.8 Å². The summed E-state index contributed by atoms with van der Waals surface area (Å²) in [6, 6.07) is 3.78. The van der Waals surface area contributed by atoms with Gasteiger partial charge in [-0.15, -0.1) is 0 Å². The van der Waals surface area contributed by atoms with E-state index in [0.29, 0.717) is 11.8 Å². The van der Waals surface area contributed by atoms with E-state index in [1.807, 2.05) is 25.3 Å². The summed E-state index contributed by atoms with van der Waals surface area (Å²) in [5.74, 6) is 0.965. The number of pyridine rings is 1. The number of aryl methyl sites for hydroxylation is 1. The highest BCUT2D eigenvalue weighted by atomic mass is 16.5. The number of rotatable bonds is 3. The minimum Gasteiger partial charge on any atom is -0.481 e. The fourth-order valence-electron chi connectivity index (χ4n) is 1.66. The standard InChI is InChI=1S/C14H17N3O/c1-9(2)12-8-15-10(3)14(17-12)11-5-6-13(18-4)16-7-11/h5-9H,1-4H3. The zero-order chi connectivity index (χ0) is 13.1. The van der Waals surface area contributed by atoms with E-state index in [-0.39, 0.29) is 0 Å². The van der Waals surface area contributed by atoms with Gasteiger partial charge in [-0.05, 0) is 18.9 Å². The molecule has 94 valence electrons. The first kappa shape index (κ1) is 12.5. The van der Waals surface area contributed by atoms with Crippen LogP contribution in [0.4, 0.5) is 0 Å². The van der Waals surface area contributed by atoms with Gasteiger partial charge in [0.05, 0.1) is 24.2 Å². The van der Waals surface area contributed by atoms with Crippen molar-refractivity contribution in [3.8, 4) is 17.1 Å². The molecule has 0 fully saturated rings. The second-order valence-corrected chi connectivity index (χ2v) is 4.47. The van der Waals surface area contributed by atoms with E-state index in [1.165, 1.54) is 0 Å². The Morgan fingerprint density at radius 3 is 2.44 bits per heavy atom. The van der Waals surface area contributed by atoms with E-state index in [4.69, 9.17) is 4.74 Å². The molecule has 0 unspecified atom stereocenters. The first-order chi connectivity index (χ1) is 8.61. The summed E-state index contributed by atoms with van der Waals surface area (Å²) in [6.45, 7) is 6.17. The Bertz CT molecular complexity index is 535. The molecular weight excluding hydrogens is 226 g/mol. The number of ether oxygens (including phenoxy) is 1. The Kier molecular flexibility index (Phi) is 3.55. The Morgan fingerprint density at radius 1 is 1.11 bits per heavy atom. The normalized spacial score (nSPS) is 10.7. The second kappa shape index (κ2) is 5.12. The highest BCUT2D eigenvalue weighted by Crippen LogP contribution is 2.22. The highest BCUT2D eigenvalue weighted by molar-refractivity contribution is 5.60. The molecule has 0 aliphatic carbocycles. The lowest BCUT2D eigenvalue weighted by Gasteiger charge is -2.09. The molecule has 0 spiro atoms. The van der Waals surface area contributed by atoms with Gasteiger partial charge in [-0.3, -0.25) is 4.98 Å². The van der Waals surface area contributed by atoms with Gasteiger partial charge in [0.15, 0.2) is 0 Å². The van der Waals surface area contributed by atoms with Crippen molar-refractivity contribution in [1.82, 2.24) is 15.0 Å². The van der Waals surface area contributed by atoms with Crippen LogP contribution < -0.4 is 4.74 Å². The highest BCUT2D eigenvalue weighted by Gasteiger charge is 2.09. The number of aromatic nitrogens is 3. The summed E-state index contributed by atoms with van der Waals surface area (Å²) in [7, 11) is 1.60. The Balaban J connectivity index is 2.45. The molecule has 0 radical (unpaired) electrons. The predicted octanol–water partition coefficient (Wildman–Crippen LogP) is 2.98. The van der Waals surface area contributed by atoms with Crippen LogP contribution in [0.1, 0.15) is 31.2 Å². The van der Waals surface area contributed by atoms with Gasteiger partial charge in [0, 0.05) is 24.0 Å². The van der Waals surface area contributed by atoms with Crippen LogP contribution in [0.3, 0.4) is 0 Å². The topological polar surface area (TPSA) is 47.9 Å². The maximum Gasteiger partial charge on any atom is 0.212 e. The van der Waals surface area contributed by atoms with Gasteiger partial charge in [0.1, 0.15) is 0 Å². The number of hydrogen-bond acceptors (Lipinski definition) is 4. The molecule has 0 aromatic carbocycles. The van der Waals surface area contributed by atoms with Crippen LogP contribution in [0.15, 0.2) is 24.5 Å².